The summed E-state index contributed by atoms with van der Waals surface area (Å²) in [7, 11) is 2.31. The van der Waals surface area contributed by atoms with Crippen molar-refractivity contribution in [3.8, 4) is 17.6 Å². The number of primary amides is 1. The number of esters is 3. The van der Waals surface area contributed by atoms with Crippen molar-refractivity contribution in [2.45, 2.75) is 36.1 Å². The molecule has 3 heterocycles. The van der Waals surface area contributed by atoms with Crippen molar-refractivity contribution < 1.29 is 48.0 Å². The highest BCUT2D eigenvalue weighted by molar-refractivity contribution is 6.12. The van der Waals surface area contributed by atoms with Crippen LogP contribution in [0.4, 0.5) is 5.69 Å². The van der Waals surface area contributed by atoms with Crippen LogP contribution < -0.4 is 15.8 Å². The summed E-state index contributed by atoms with van der Waals surface area (Å²) >= 11 is 0. The predicted octanol–water partition coefficient (Wildman–Crippen LogP) is 3.52. The summed E-state index contributed by atoms with van der Waals surface area (Å²) in [5.74, 6) is -0.433. The Hall–Kier alpha value is -6.49. The number of ether oxygens (including phenoxy) is 4. The Morgan fingerprint density at radius 2 is 1.54 bits per heavy atom. The Balaban J connectivity index is 1.49. The van der Waals surface area contributed by atoms with Gasteiger partial charge in [0.15, 0.2) is 5.92 Å². The Kier molecular flexibility index (Phi) is 10.6. The number of hydrogen-bond donors (Lipinski definition) is 3. The molecule has 1 spiro atoms. The molecule has 13 heteroatoms. The first-order chi connectivity index (χ1) is 27.2. The normalized spacial score (nSPS) is 23.6. The Morgan fingerprint density at radius 3 is 2.18 bits per heavy atom. The molecule has 6 atom stereocenters. The second-order valence-electron chi connectivity index (χ2n) is 13.6. The number of aliphatic hydroxyl groups excluding tert-OH is 1. The van der Waals surface area contributed by atoms with Gasteiger partial charge in [0.05, 0.1) is 38.8 Å². The maximum Gasteiger partial charge on any atom is 0.324 e. The molecule has 0 aromatic heterocycles. The number of nitrogens with zero attached hydrogens (tertiary/aromatic N) is 1. The van der Waals surface area contributed by atoms with Crippen LogP contribution in [0.15, 0.2) is 103 Å². The lowest BCUT2D eigenvalue weighted by Gasteiger charge is -2.46. The number of methoxy groups -OCH3 is 2. The molecule has 4 aromatic carbocycles. The number of anilines is 1. The van der Waals surface area contributed by atoms with E-state index in [9.17, 15) is 24.3 Å². The van der Waals surface area contributed by atoms with E-state index in [0.29, 0.717) is 33.7 Å². The number of nitrogens with one attached hydrogen (secondary N) is 1. The number of hydrogen-bond acceptors (Lipinski definition) is 11. The maximum atomic E-state index is 15.0. The molecule has 0 aliphatic carbocycles. The standard InChI is InChI=1S/C43H39N3O10/c1-53-39(49)29(40(50)54-2)18-11-12-25-20-21-31-30(24-25)43(42(52)45-31)33(38(44)48)35-41(51)56-36(27-15-7-4-8-16-27)34(26-13-5-3-6-14-26)46(35)37(43)28-17-9-10-19-32(28)55-23-22-47/h3-10,13-17,19-21,24,29,33-37,47H,18,22-23H2,1-2H3,(H2,44,48)(H,45,52)/t33-,34-,35-,36?,37+,43-/m0/s1. The molecule has 2 fully saturated rings. The molecule has 13 nitrogen and oxygen atoms in total. The molecule has 4 aromatic rings. The summed E-state index contributed by atoms with van der Waals surface area (Å²) in [6.07, 6.45) is -1.10. The van der Waals surface area contributed by atoms with E-state index in [4.69, 9.17) is 24.7 Å². The van der Waals surface area contributed by atoms with E-state index in [1.165, 1.54) is 0 Å². The highest BCUT2D eigenvalue weighted by Gasteiger charge is 2.74. The molecule has 0 radical (unpaired) electrons. The molecule has 2 amide bonds. The minimum Gasteiger partial charge on any atom is -0.491 e. The lowest BCUT2D eigenvalue weighted by molar-refractivity contribution is -0.178. The van der Waals surface area contributed by atoms with Crippen LogP contribution in [-0.2, 0) is 43.6 Å². The van der Waals surface area contributed by atoms with Gasteiger partial charge < -0.3 is 35.1 Å². The summed E-state index contributed by atoms with van der Waals surface area (Å²) < 4.78 is 21.9. The lowest BCUT2D eigenvalue weighted by Crippen LogP contribution is -2.53. The van der Waals surface area contributed by atoms with Crippen LogP contribution >= 0.6 is 0 Å². The number of fused-ring (bicyclic) bond motifs is 3. The average molecular weight is 758 g/mol. The molecular formula is C43H39N3O10. The molecule has 3 aliphatic rings. The van der Waals surface area contributed by atoms with E-state index >= 15 is 4.79 Å². The van der Waals surface area contributed by atoms with Gasteiger partial charge in [-0.3, -0.25) is 28.9 Å². The number of morpholine rings is 1. The number of cyclic esters (lactones) is 1. The molecule has 3 aliphatic heterocycles. The van der Waals surface area contributed by atoms with E-state index in [-0.39, 0.29) is 19.6 Å². The van der Waals surface area contributed by atoms with Gasteiger partial charge >= 0.3 is 17.9 Å². The lowest BCUT2D eigenvalue weighted by atomic mass is 9.65. The first-order valence-corrected chi connectivity index (χ1v) is 18.0. The van der Waals surface area contributed by atoms with E-state index in [1.807, 2.05) is 65.6 Å². The second-order valence-corrected chi connectivity index (χ2v) is 13.6. The number of amides is 2. The summed E-state index contributed by atoms with van der Waals surface area (Å²) in [4.78, 5) is 70.3. The maximum absolute atomic E-state index is 15.0. The van der Waals surface area contributed by atoms with Crippen LogP contribution in [0.25, 0.3) is 0 Å². The SMILES string of the molecule is COC(=O)C(CC#Cc1ccc2c(c1)[C@]1(C(=O)N2)[C@H](C(N)=O)[C@H]2C(=O)OC(c3ccccc3)[C@H](c3ccccc3)N2[C@@H]1c1ccccc1OCCO)C(=O)OC. The van der Waals surface area contributed by atoms with E-state index < -0.39 is 71.2 Å². The molecule has 286 valence electrons. The summed E-state index contributed by atoms with van der Waals surface area (Å²) in [5, 5.41) is 12.8. The number of para-hydroxylation sites is 1. The third-order valence-electron chi connectivity index (χ3n) is 10.7. The van der Waals surface area contributed by atoms with Crippen molar-refractivity contribution in [1.29, 1.82) is 0 Å². The van der Waals surface area contributed by atoms with Gasteiger partial charge in [-0.25, -0.2) is 0 Å². The Labute approximate surface area is 322 Å². The van der Waals surface area contributed by atoms with Crippen molar-refractivity contribution in [2.75, 3.05) is 32.8 Å². The Bertz CT molecular complexity index is 2220. The van der Waals surface area contributed by atoms with Gasteiger partial charge in [-0.05, 0) is 41.0 Å². The molecular weight excluding hydrogens is 718 g/mol. The van der Waals surface area contributed by atoms with E-state index in [2.05, 4.69) is 17.2 Å². The van der Waals surface area contributed by atoms with Crippen LogP contribution in [-0.4, -0.2) is 73.2 Å². The van der Waals surface area contributed by atoms with E-state index in [1.54, 1.807) is 42.5 Å². The number of rotatable bonds is 10. The third-order valence-corrected chi connectivity index (χ3v) is 10.7. The van der Waals surface area contributed by atoms with E-state index in [0.717, 1.165) is 19.8 Å². The second kappa shape index (κ2) is 15.7. The largest absolute Gasteiger partial charge is 0.491 e. The zero-order chi connectivity index (χ0) is 39.6. The summed E-state index contributed by atoms with van der Waals surface area (Å²) in [6.45, 7) is -0.371. The van der Waals surface area contributed by atoms with Crippen LogP contribution in [0.5, 0.6) is 5.75 Å². The highest BCUT2D eigenvalue weighted by Crippen LogP contribution is 2.65. The van der Waals surface area contributed by atoms with Crippen LogP contribution in [0, 0.1) is 23.7 Å². The van der Waals surface area contributed by atoms with Gasteiger partial charge in [0.2, 0.25) is 11.8 Å². The van der Waals surface area contributed by atoms with Gasteiger partial charge in [-0.1, -0.05) is 90.7 Å². The minimum absolute atomic E-state index is 0.0726. The first kappa shape index (κ1) is 37.8. The molecule has 7 rings (SSSR count). The number of carbonyl (C=O) groups excluding carboxylic acids is 5. The van der Waals surface area contributed by atoms with Crippen LogP contribution in [0.3, 0.4) is 0 Å². The van der Waals surface area contributed by atoms with Crippen molar-refractivity contribution in [1.82, 2.24) is 4.90 Å². The number of carbonyl (C=O) groups is 5. The topological polar surface area (TPSA) is 184 Å². The number of aliphatic hydroxyl groups is 1. The fourth-order valence-electron chi connectivity index (χ4n) is 8.47. The molecule has 0 bridgehead atoms. The van der Waals surface area contributed by atoms with Gasteiger partial charge in [0, 0.05) is 23.2 Å². The predicted molar refractivity (Wildman–Crippen MR) is 200 cm³/mol. The Morgan fingerprint density at radius 1 is 0.893 bits per heavy atom. The van der Waals surface area contributed by atoms with Crippen LogP contribution in [0.1, 0.15) is 52.4 Å². The first-order valence-electron chi connectivity index (χ1n) is 18.0. The van der Waals surface area contributed by atoms with Crippen molar-refractivity contribution >= 4 is 35.4 Å². The van der Waals surface area contributed by atoms with Gasteiger partial charge in [0.25, 0.3) is 0 Å². The quantitative estimate of drug-likeness (QED) is 0.0932. The average Bonchev–Trinajstić information content (AvgIpc) is 3.70. The van der Waals surface area contributed by atoms with Crippen molar-refractivity contribution in [2.24, 2.45) is 17.6 Å². The van der Waals surface area contributed by atoms with Gasteiger partial charge in [0.1, 0.15) is 29.9 Å². The molecule has 1 unspecified atom stereocenters. The smallest absolute Gasteiger partial charge is 0.324 e. The number of benzene rings is 4. The van der Waals surface area contributed by atoms with Gasteiger partial charge in [-0.15, -0.1) is 0 Å². The van der Waals surface area contributed by atoms with Gasteiger partial charge in [-0.2, -0.15) is 0 Å². The molecule has 0 saturated carbocycles. The van der Waals surface area contributed by atoms with Crippen molar-refractivity contribution in [3.63, 3.8) is 0 Å². The molecule has 4 N–H and O–H groups in total. The minimum atomic E-state index is -1.86. The molecule has 2 saturated heterocycles. The zero-order valence-electron chi connectivity index (χ0n) is 30.5. The number of nitrogens with two attached hydrogens (primary N) is 1. The summed E-state index contributed by atoms with van der Waals surface area (Å²) in [6, 6.07) is 27.4. The summed E-state index contributed by atoms with van der Waals surface area (Å²) in [5.41, 5.74) is 7.49. The highest BCUT2D eigenvalue weighted by atomic mass is 16.6. The third kappa shape index (κ3) is 6.32. The monoisotopic (exact) mass is 757 g/mol. The fourth-order valence-corrected chi connectivity index (χ4v) is 8.47. The zero-order valence-corrected chi connectivity index (χ0v) is 30.5. The fraction of sp³-hybridized carbons (Fsp3) is 0.279. The molecule has 56 heavy (non-hydrogen) atoms. The van der Waals surface area contributed by atoms with Crippen LogP contribution in [0.2, 0.25) is 0 Å². The van der Waals surface area contributed by atoms with Crippen molar-refractivity contribution in [3.05, 3.63) is 131 Å².